The summed E-state index contributed by atoms with van der Waals surface area (Å²) in [5, 5.41) is 2.94. The monoisotopic (exact) mass is 264 g/mol. The van der Waals surface area contributed by atoms with E-state index in [0.717, 1.165) is 16.8 Å². The van der Waals surface area contributed by atoms with Gasteiger partial charge in [-0.1, -0.05) is 17.7 Å². The molecule has 0 radical (unpaired) electrons. The van der Waals surface area contributed by atoms with Crippen LogP contribution < -0.4 is 5.32 Å². The van der Waals surface area contributed by atoms with Crippen molar-refractivity contribution in [1.82, 2.24) is 4.90 Å². The van der Waals surface area contributed by atoms with Crippen LogP contribution in [0.3, 0.4) is 0 Å². The highest BCUT2D eigenvalue weighted by Crippen LogP contribution is 2.22. The second kappa shape index (κ2) is 5.70. The molecule has 1 aliphatic rings. The van der Waals surface area contributed by atoms with Gasteiger partial charge in [-0.3, -0.25) is 9.69 Å². The van der Waals surface area contributed by atoms with Crippen molar-refractivity contribution in [2.75, 3.05) is 25.0 Å². The van der Waals surface area contributed by atoms with E-state index in [1.807, 2.05) is 25.7 Å². The van der Waals surface area contributed by atoms with E-state index in [1.165, 1.54) is 5.56 Å². The van der Waals surface area contributed by atoms with Gasteiger partial charge in [0, 0.05) is 18.8 Å². The molecule has 1 fully saturated rings. The first-order valence-corrected chi connectivity index (χ1v) is 6.70. The molecule has 19 heavy (non-hydrogen) atoms. The van der Waals surface area contributed by atoms with Gasteiger partial charge in [-0.15, -0.1) is 0 Å². The predicted molar refractivity (Wildman–Crippen MR) is 75.2 cm³/mol. The normalized spacial score (nSPS) is 19.7. The molecule has 1 atom stereocenters. The van der Waals surface area contributed by atoms with Crippen molar-refractivity contribution in [1.29, 1.82) is 0 Å². The Morgan fingerprint density at radius 2 is 2.00 bits per heavy atom. The Hall–Kier alpha value is -1.42. The number of carbonyl (C=O) groups excluding carboxylic acids is 1. The molecular weight excluding hydrogens is 243 g/mol. The Balaban J connectivity index is 1.99. The number of nitrogens with zero attached hydrogens (tertiary/aromatic N) is 1. The summed E-state index contributed by atoms with van der Waals surface area (Å²) < 4.78 is 13.1. The minimum absolute atomic E-state index is 0.0656. The highest BCUT2D eigenvalue weighted by atomic mass is 19.1. The van der Waals surface area contributed by atoms with Crippen LogP contribution in [0.2, 0.25) is 0 Å². The second-order valence-electron chi connectivity index (χ2n) is 5.44. The zero-order valence-electron chi connectivity index (χ0n) is 11.8. The molecule has 1 unspecified atom stereocenters. The smallest absolute Gasteiger partial charge is 0.238 e. The summed E-state index contributed by atoms with van der Waals surface area (Å²) >= 11 is 0. The number of likely N-dealkylation sites (tertiary alicyclic amines) is 1. The molecule has 1 aromatic carbocycles. The average Bonchev–Trinajstić information content (AvgIpc) is 2.69. The van der Waals surface area contributed by atoms with Crippen LogP contribution in [0.15, 0.2) is 12.1 Å². The van der Waals surface area contributed by atoms with Gasteiger partial charge in [-0.2, -0.15) is 0 Å². The van der Waals surface area contributed by atoms with Crippen LogP contribution >= 0.6 is 0 Å². The maximum atomic E-state index is 13.1. The standard InChI is InChI=1S/C15H21FN2O/c1-10-6-11(2)15(12(3)7-10)17-14(19)9-18-5-4-13(16)8-18/h6-7,13H,4-5,8-9H2,1-3H3,(H,17,19). The molecule has 1 aromatic rings. The van der Waals surface area contributed by atoms with Gasteiger partial charge in [0.2, 0.25) is 5.91 Å². The zero-order chi connectivity index (χ0) is 14.0. The topological polar surface area (TPSA) is 32.3 Å². The van der Waals surface area contributed by atoms with Crippen molar-refractivity contribution in [2.24, 2.45) is 0 Å². The number of anilines is 1. The van der Waals surface area contributed by atoms with Gasteiger partial charge in [0.1, 0.15) is 6.17 Å². The molecule has 3 nitrogen and oxygen atoms in total. The lowest BCUT2D eigenvalue weighted by molar-refractivity contribution is -0.117. The lowest BCUT2D eigenvalue weighted by Crippen LogP contribution is -2.32. The molecule has 4 heteroatoms. The Morgan fingerprint density at radius 1 is 1.37 bits per heavy atom. The summed E-state index contributed by atoms with van der Waals surface area (Å²) in [6.45, 7) is 7.33. The number of amides is 1. The second-order valence-corrected chi connectivity index (χ2v) is 5.44. The summed E-state index contributed by atoms with van der Waals surface area (Å²) in [5.41, 5.74) is 4.20. The maximum Gasteiger partial charge on any atom is 0.238 e. The van der Waals surface area contributed by atoms with E-state index in [-0.39, 0.29) is 12.5 Å². The molecule has 1 saturated heterocycles. The van der Waals surface area contributed by atoms with E-state index in [1.54, 1.807) is 0 Å². The predicted octanol–water partition coefficient (Wildman–Crippen LogP) is 2.59. The summed E-state index contributed by atoms with van der Waals surface area (Å²) in [6.07, 6.45) is -0.244. The molecule has 1 amide bonds. The fourth-order valence-corrected chi connectivity index (χ4v) is 2.69. The number of carbonyl (C=O) groups is 1. The van der Waals surface area contributed by atoms with Crippen LogP contribution in [0, 0.1) is 20.8 Å². The fourth-order valence-electron chi connectivity index (χ4n) is 2.69. The number of rotatable bonds is 3. The van der Waals surface area contributed by atoms with Crippen molar-refractivity contribution in [3.05, 3.63) is 28.8 Å². The summed E-state index contributed by atoms with van der Waals surface area (Å²) in [5.74, 6) is -0.0656. The molecule has 1 N–H and O–H groups in total. The van der Waals surface area contributed by atoms with Gasteiger partial charge in [0.25, 0.3) is 0 Å². The minimum atomic E-state index is -0.782. The first-order chi connectivity index (χ1) is 8.95. The minimum Gasteiger partial charge on any atom is -0.324 e. The number of hydrogen-bond acceptors (Lipinski definition) is 2. The summed E-state index contributed by atoms with van der Waals surface area (Å²) in [6, 6.07) is 4.10. The largest absolute Gasteiger partial charge is 0.324 e. The third-order valence-corrected chi connectivity index (χ3v) is 3.52. The Morgan fingerprint density at radius 3 is 2.53 bits per heavy atom. The Bertz CT molecular complexity index is 464. The van der Waals surface area contributed by atoms with Gasteiger partial charge in [0.05, 0.1) is 6.54 Å². The third-order valence-electron chi connectivity index (χ3n) is 3.52. The van der Waals surface area contributed by atoms with E-state index in [0.29, 0.717) is 19.5 Å². The van der Waals surface area contributed by atoms with Crippen LogP contribution in [-0.2, 0) is 4.79 Å². The average molecular weight is 264 g/mol. The van der Waals surface area contributed by atoms with Crippen molar-refractivity contribution in [2.45, 2.75) is 33.4 Å². The van der Waals surface area contributed by atoms with Crippen LogP contribution in [0.5, 0.6) is 0 Å². The van der Waals surface area contributed by atoms with Crippen molar-refractivity contribution < 1.29 is 9.18 Å². The number of alkyl halides is 1. The van der Waals surface area contributed by atoms with E-state index >= 15 is 0 Å². The number of halogens is 1. The fraction of sp³-hybridized carbons (Fsp3) is 0.533. The number of hydrogen-bond donors (Lipinski definition) is 1. The quantitative estimate of drug-likeness (QED) is 0.910. The molecule has 0 aliphatic carbocycles. The van der Waals surface area contributed by atoms with Crippen LogP contribution in [-0.4, -0.2) is 36.6 Å². The first-order valence-electron chi connectivity index (χ1n) is 6.70. The Kier molecular flexibility index (Phi) is 4.20. The molecule has 0 spiro atoms. The van der Waals surface area contributed by atoms with Crippen LogP contribution in [0.4, 0.5) is 10.1 Å². The molecule has 0 aromatic heterocycles. The molecule has 104 valence electrons. The van der Waals surface area contributed by atoms with Crippen LogP contribution in [0.25, 0.3) is 0 Å². The first kappa shape index (κ1) is 14.0. The lowest BCUT2D eigenvalue weighted by Gasteiger charge is -2.17. The van der Waals surface area contributed by atoms with E-state index < -0.39 is 6.17 Å². The summed E-state index contributed by atoms with van der Waals surface area (Å²) in [7, 11) is 0. The number of nitrogens with one attached hydrogen (secondary N) is 1. The van der Waals surface area contributed by atoms with Crippen LogP contribution in [0.1, 0.15) is 23.1 Å². The highest BCUT2D eigenvalue weighted by Gasteiger charge is 2.23. The molecule has 1 heterocycles. The number of aryl methyl sites for hydroxylation is 3. The molecular formula is C15H21FN2O. The van der Waals surface area contributed by atoms with Gasteiger partial charge in [-0.25, -0.2) is 4.39 Å². The summed E-state index contributed by atoms with van der Waals surface area (Å²) in [4.78, 5) is 13.8. The van der Waals surface area contributed by atoms with Crippen molar-refractivity contribution >= 4 is 11.6 Å². The lowest BCUT2D eigenvalue weighted by atomic mass is 10.1. The van der Waals surface area contributed by atoms with Gasteiger partial charge >= 0.3 is 0 Å². The van der Waals surface area contributed by atoms with Gasteiger partial charge in [-0.05, 0) is 38.3 Å². The molecule has 0 bridgehead atoms. The highest BCUT2D eigenvalue weighted by molar-refractivity contribution is 5.93. The van der Waals surface area contributed by atoms with E-state index in [4.69, 9.17) is 0 Å². The molecule has 2 rings (SSSR count). The van der Waals surface area contributed by atoms with Gasteiger partial charge in [0.15, 0.2) is 0 Å². The molecule has 1 aliphatic heterocycles. The van der Waals surface area contributed by atoms with Crippen molar-refractivity contribution in [3.8, 4) is 0 Å². The Labute approximate surface area is 113 Å². The van der Waals surface area contributed by atoms with E-state index in [9.17, 15) is 9.18 Å². The van der Waals surface area contributed by atoms with Crippen molar-refractivity contribution in [3.63, 3.8) is 0 Å². The zero-order valence-corrected chi connectivity index (χ0v) is 11.8. The number of benzene rings is 1. The maximum absolute atomic E-state index is 13.1. The molecule has 0 saturated carbocycles. The third kappa shape index (κ3) is 3.53. The SMILES string of the molecule is Cc1cc(C)c(NC(=O)CN2CCC(F)C2)c(C)c1. The van der Waals surface area contributed by atoms with E-state index in [2.05, 4.69) is 17.4 Å². The van der Waals surface area contributed by atoms with Gasteiger partial charge < -0.3 is 5.32 Å².